The fourth-order valence-corrected chi connectivity index (χ4v) is 6.22. The van der Waals surface area contributed by atoms with E-state index in [0.29, 0.717) is 40.6 Å². The maximum atomic E-state index is 13.8. The molecule has 2 aliphatic rings. The second kappa shape index (κ2) is 12.8. The van der Waals surface area contributed by atoms with Crippen LogP contribution in [0.15, 0.2) is 82.7 Å². The first-order valence-electron chi connectivity index (χ1n) is 13.5. The molecule has 39 heavy (non-hydrogen) atoms. The van der Waals surface area contributed by atoms with Gasteiger partial charge in [-0.2, -0.15) is 0 Å². The van der Waals surface area contributed by atoms with E-state index >= 15 is 0 Å². The first-order chi connectivity index (χ1) is 19.0. The molecule has 202 valence electrons. The van der Waals surface area contributed by atoms with E-state index < -0.39 is 0 Å². The van der Waals surface area contributed by atoms with Gasteiger partial charge in [-0.15, -0.1) is 0 Å². The predicted molar refractivity (Wildman–Crippen MR) is 161 cm³/mol. The number of carbonyl (C=O) groups is 1. The summed E-state index contributed by atoms with van der Waals surface area (Å²) in [6, 6.07) is 23.4. The number of hydrogen-bond acceptors (Lipinski definition) is 5. The number of halogens is 1. The maximum Gasteiger partial charge on any atom is 0.267 e. The lowest BCUT2D eigenvalue weighted by atomic mass is 9.85. The Balaban J connectivity index is 1.42. The number of hydrogen-bond donors (Lipinski definition) is 0. The van der Waals surface area contributed by atoms with Crippen molar-refractivity contribution in [2.45, 2.75) is 52.2 Å². The van der Waals surface area contributed by atoms with Gasteiger partial charge in [0.1, 0.15) is 6.61 Å². The van der Waals surface area contributed by atoms with Crippen LogP contribution in [0.2, 0.25) is 5.02 Å². The minimum absolute atomic E-state index is 0.0226. The van der Waals surface area contributed by atoms with Crippen LogP contribution in [-0.2, 0) is 11.4 Å². The summed E-state index contributed by atoms with van der Waals surface area (Å²) in [5.41, 5.74) is 2.75. The fraction of sp³-hybridized carbons (Fsp3) is 0.312. The van der Waals surface area contributed by atoms with E-state index in [1.54, 1.807) is 0 Å². The van der Waals surface area contributed by atoms with E-state index in [4.69, 9.17) is 26.1 Å². The van der Waals surface area contributed by atoms with E-state index in [0.717, 1.165) is 41.2 Å². The van der Waals surface area contributed by atoms with Crippen molar-refractivity contribution in [3.63, 3.8) is 0 Å². The summed E-state index contributed by atoms with van der Waals surface area (Å²) in [5.74, 6) is 1.76. The lowest BCUT2D eigenvalue weighted by Gasteiger charge is -2.35. The highest BCUT2D eigenvalue weighted by Crippen LogP contribution is 2.40. The van der Waals surface area contributed by atoms with Gasteiger partial charge >= 0.3 is 0 Å². The fourth-order valence-electron chi connectivity index (χ4n) is 5.05. The number of nitrogens with zero attached hydrogens (tertiary/aromatic N) is 2. The second-order valence-corrected chi connectivity index (χ2v) is 11.3. The molecule has 1 aliphatic carbocycles. The molecule has 1 saturated carbocycles. The van der Waals surface area contributed by atoms with Crippen molar-refractivity contribution in [3.05, 3.63) is 93.9 Å². The minimum Gasteiger partial charge on any atom is -0.490 e. The molecule has 1 saturated heterocycles. The molecule has 0 radical (unpaired) electrons. The predicted octanol–water partition coefficient (Wildman–Crippen LogP) is 8.50. The summed E-state index contributed by atoms with van der Waals surface area (Å²) < 4.78 is 12.0. The van der Waals surface area contributed by atoms with Crippen LogP contribution in [0.25, 0.3) is 6.08 Å². The molecule has 1 aliphatic heterocycles. The molecule has 3 aromatic rings. The van der Waals surface area contributed by atoms with Gasteiger partial charge in [-0.05, 0) is 91.0 Å². The smallest absolute Gasteiger partial charge is 0.267 e. The van der Waals surface area contributed by atoms with Crippen molar-refractivity contribution in [2.24, 2.45) is 10.9 Å². The normalized spacial score (nSPS) is 21.5. The molecule has 5 nitrogen and oxygen atoms in total. The van der Waals surface area contributed by atoms with Crippen molar-refractivity contribution in [2.75, 3.05) is 6.61 Å². The largest absolute Gasteiger partial charge is 0.490 e. The van der Waals surface area contributed by atoms with Crippen LogP contribution in [0, 0.1) is 5.92 Å². The Morgan fingerprint density at radius 3 is 2.51 bits per heavy atom. The molecule has 0 unspecified atom stereocenters. The van der Waals surface area contributed by atoms with Crippen LogP contribution in [-0.4, -0.2) is 28.6 Å². The maximum absolute atomic E-state index is 13.8. The molecular weight excluding hydrogens is 528 g/mol. The first kappa shape index (κ1) is 27.4. The number of ether oxygens (including phenoxy) is 2. The molecule has 0 spiro atoms. The van der Waals surface area contributed by atoms with Gasteiger partial charge in [0.05, 0.1) is 17.2 Å². The molecule has 1 heterocycles. The zero-order chi connectivity index (χ0) is 27.2. The Kier molecular flexibility index (Phi) is 8.95. The number of benzene rings is 3. The van der Waals surface area contributed by atoms with E-state index in [1.165, 1.54) is 18.2 Å². The van der Waals surface area contributed by atoms with Crippen LogP contribution in [0.4, 0.5) is 5.69 Å². The molecule has 5 rings (SSSR count). The number of thioether (sulfide) groups is 1. The standard InChI is InChI=1S/C32H33ClN2O3S/c1-3-37-29-19-24(15-18-28(29)38-21-23-13-16-25(33)17-14-23)20-30-31(36)35(27-12-8-7-9-22(27)2)32(39-30)34-26-10-5-4-6-11-26/h4-6,10-11,13-20,22,27H,3,7-9,12,21H2,1-2H3/b30-20-,34-32?/t22-,27+/m1/s1. The lowest BCUT2D eigenvalue weighted by molar-refractivity contribution is -0.124. The highest BCUT2D eigenvalue weighted by Gasteiger charge is 2.41. The number of para-hydroxylation sites is 1. The van der Waals surface area contributed by atoms with Crippen molar-refractivity contribution < 1.29 is 14.3 Å². The highest BCUT2D eigenvalue weighted by molar-refractivity contribution is 8.18. The van der Waals surface area contributed by atoms with Crippen molar-refractivity contribution in [1.29, 1.82) is 0 Å². The van der Waals surface area contributed by atoms with Gasteiger partial charge in [-0.25, -0.2) is 4.99 Å². The quantitative estimate of drug-likeness (QED) is 0.259. The van der Waals surface area contributed by atoms with Gasteiger partial charge in [0.15, 0.2) is 16.7 Å². The Morgan fingerprint density at radius 2 is 1.77 bits per heavy atom. The third-order valence-corrected chi connectivity index (χ3v) is 8.32. The van der Waals surface area contributed by atoms with Gasteiger partial charge in [-0.1, -0.05) is 67.8 Å². The minimum atomic E-state index is 0.0226. The number of aliphatic imine (C=N–C) groups is 1. The summed E-state index contributed by atoms with van der Waals surface area (Å²) in [4.78, 5) is 21.3. The van der Waals surface area contributed by atoms with E-state index in [9.17, 15) is 4.79 Å². The molecule has 2 fully saturated rings. The van der Waals surface area contributed by atoms with Gasteiger partial charge in [0, 0.05) is 11.1 Å². The van der Waals surface area contributed by atoms with Crippen LogP contribution in [0.1, 0.15) is 50.7 Å². The SMILES string of the molecule is CCOc1cc(/C=C2\SC(=Nc3ccccc3)N([C@H]3CCCC[C@H]3C)C2=O)ccc1OCc1ccc(Cl)cc1. The lowest BCUT2D eigenvalue weighted by Crippen LogP contribution is -2.44. The molecule has 0 N–H and O–H groups in total. The van der Waals surface area contributed by atoms with Crippen molar-refractivity contribution in [1.82, 2.24) is 4.90 Å². The summed E-state index contributed by atoms with van der Waals surface area (Å²) >= 11 is 7.45. The Bertz CT molecular complexity index is 1360. The first-order valence-corrected chi connectivity index (χ1v) is 14.7. The molecule has 0 aromatic heterocycles. The number of carbonyl (C=O) groups excluding carboxylic acids is 1. The number of amidine groups is 1. The van der Waals surface area contributed by atoms with Crippen LogP contribution >= 0.6 is 23.4 Å². The third kappa shape index (κ3) is 6.68. The van der Waals surface area contributed by atoms with Crippen LogP contribution in [0.5, 0.6) is 11.5 Å². The molecule has 0 bridgehead atoms. The topological polar surface area (TPSA) is 51.1 Å². The average Bonchev–Trinajstić information content (AvgIpc) is 3.24. The molecule has 2 atom stereocenters. The van der Waals surface area contributed by atoms with Crippen molar-refractivity contribution >= 4 is 46.2 Å². The second-order valence-electron chi connectivity index (χ2n) is 9.90. The van der Waals surface area contributed by atoms with Crippen molar-refractivity contribution in [3.8, 4) is 11.5 Å². The Labute approximate surface area is 239 Å². The Morgan fingerprint density at radius 1 is 1.00 bits per heavy atom. The molecule has 3 aromatic carbocycles. The van der Waals surface area contributed by atoms with Gasteiger partial charge in [-0.3, -0.25) is 9.69 Å². The molecule has 7 heteroatoms. The summed E-state index contributed by atoms with van der Waals surface area (Å²) in [6.45, 7) is 5.10. The number of amides is 1. The van der Waals surface area contributed by atoms with Crippen LogP contribution in [0.3, 0.4) is 0 Å². The van der Waals surface area contributed by atoms with Gasteiger partial charge in [0.2, 0.25) is 0 Å². The molecular formula is C32H33ClN2O3S. The van der Waals surface area contributed by atoms with Crippen LogP contribution < -0.4 is 9.47 Å². The summed E-state index contributed by atoms with van der Waals surface area (Å²) in [7, 11) is 0. The average molecular weight is 561 g/mol. The third-order valence-electron chi connectivity index (χ3n) is 7.09. The monoisotopic (exact) mass is 560 g/mol. The Hall–Kier alpha value is -3.22. The van der Waals surface area contributed by atoms with E-state index in [-0.39, 0.29) is 11.9 Å². The zero-order valence-electron chi connectivity index (χ0n) is 22.3. The van der Waals surface area contributed by atoms with Gasteiger partial charge in [0.25, 0.3) is 5.91 Å². The highest BCUT2D eigenvalue weighted by atomic mass is 35.5. The number of rotatable bonds is 8. The summed E-state index contributed by atoms with van der Waals surface area (Å²) in [5, 5.41) is 1.45. The van der Waals surface area contributed by atoms with Gasteiger partial charge < -0.3 is 9.47 Å². The van der Waals surface area contributed by atoms with E-state index in [2.05, 4.69) is 6.92 Å². The zero-order valence-corrected chi connectivity index (χ0v) is 23.9. The molecule has 1 amide bonds. The van der Waals surface area contributed by atoms with E-state index in [1.807, 2.05) is 90.7 Å². The summed E-state index contributed by atoms with van der Waals surface area (Å²) in [6.07, 6.45) is 6.42.